The predicted octanol–water partition coefficient (Wildman–Crippen LogP) is 5.46. The SMILES string of the molecule is CCCC(CCC)C(=O)Nc1cc(Oc2c(C)cc(NC(=O)C(=O)OCC)cc2C)ccc1O. The molecule has 0 radical (unpaired) electrons. The van der Waals surface area contributed by atoms with Crippen LogP contribution in [-0.2, 0) is 19.1 Å². The van der Waals surface area contributed by atoms with Crippen LogP contribution in [0.1, 0.15) is 57.6 Å². The molecule has 2 rings (SSSR count). The number of phenolic OH excluding ortho intramolecular Hbond substituents is 1. The average Bonchev–Trinajstić information content (AvgIpc) is 2.78. The van der Waals surface area contributed by atoms with Crippen molar-refractivity contribution in [3.05, 3.63) is 41.5 Å². The molecule has 0 aliphatic rings. The zero-order valence-electron chi connectivity index (χ0n) is 20.5. The number of hydrogen-bond donors (Lipinski definition) is 3. The third-order valence-electron chi connectivity index (χ3n) is 5.27. The molecule has 0 aromatic heterocycles. The molecule has 0 spiro atoms. The lowest BCUT2D eigenvalue weighted by molar-refractivity contribution is -0.152. The second-order valence-electron chi connectivity index (χ2n) is 8.16. The molecule has 0 heterocycles. The summed E-state index contributed by atoms with van der Waals surface area (Å²) in [5, 5.41) is 15.6. The molecule has 34 heavy (non-hydrogen) atoms. The van der Waals surface area contributed by atoms with Crippen molar-refractivity contribution in [2.75, 3.05) is 17.2 Å². The number of anilines is 2. The van der Waals surface area contributed by atoms with Crippen LogP contribution in [0.15, 0.2) is 30.3 Å². The number of nitrogens with one attached hydrogen (secondary N) is 2. The Bertz CT molecular complexity index is 1000. The summed E-state index contributed by atoms with van der Waals surface area (Å²) in [6.45, 7) is 9.45. The van der Waals surface area contributed by atoms with Crippen LogP contribution in [0.25, 0.3) is 0 Å². The highest BCUT2D eigenvalue weighted by Crippen LogP contribution is 2.35. The molecule has 0 saturated carbocycles. The average molecular weight is 471 g/mol. The molecule has 2 aromatic rings. The Morgan fingerprint density at radius 2 is 1.56 bits per heavy atom. The fourth-order valence-corrected chi connectivity index (χ4v) is 3.70. The Kier molecular flexibility index (Phi) is 9.92. The Balaban J connectivity index is 2.20. The van der Waals surface area contributed by atoms with Crippen molar-refractivity contribution in [2.24, 2.45) is 5.92 Å². The van der Waals surface area contributed by atoms with E-state index in [1.54, 1.807) is 31.2 Å². The highest BCUT2D eigenvalue weighted by atomic mass is 16.5. The highest BCUT2D eigenvalue weighted by molar-refractivity contribution is 6.37. The summed E-state index contributed by atoms with van der Waals surface area (Å²) >= 11 is 0. The molecule has 0 aliphatic carbocycles. The van der Waals surface area contributed by atoms with Crippen molar-refractivity contribution >= 4 is 29.2 Å². The molecule has 184 valence electrons. The molecular formula is C26H34N2O6. The molecule has 0 bridgehead atoms. The summed E-state index contributed by atoms with van der Waals surface area (Å²) in [7, 11) is 0. The first kappa shape index (κ1) is 26.7. The van der Waals surface area contributed by atoms with Crippen LogP contribution < -0.4 is 15.4 Å². The Labute approximate surface area is 200 Å². The van der Waals surface area contributed by atoms with Gasteiger partial charge < -0.3 is 25.2 Å². The van der Waals surface area contributed by atoms with E-state index in [1.807, 2.05) is 27.7 Å². The van der Waals surface area contributed by atoms with Gasteiger partial charge >= 0.3 is 11.9 Å². The van der Waals surface area contributed by atoms with Crippen LogP contribution in [-0.4, -0.2) is 29.5 Å². The minimum atomic E-state index is -0.947. The maximum absolute atomic E-state index is 12.7. The van der Waals surface area contributed by atoms with E-state index < -0.39 is 11.9 Å². The van der Waals surface area contributed by atoms with E-state index >= 15 is 0 Å². The molecule has 2 amide bonds. The summed E-state index contributed by atoms with van der Waals surface area (Å²) in [5.41, 5.74) is 2.18. The Morgan fingerprint density at radius 1 is 0.941 bits per heavy atom. The van der Waals surface area contributed by atoms with Gasteiger partial charge in [0.05, 0.1) is 12.3 Å². The lowest BCUT2D eigenvalue weighted by Crippen LogP contribution is -2.25. The number of rotatable bonds is 10. The summed E-state index contributed by atoms with van der Waals surface area (Å²) in [4.78, 5) is 36.2. The van der Waals surface area contributed by atoms with Gasteiger partial charge in [-0.2, -0.15) is 0 Å². The van der Waals surface area contributed by atoms with Gasteiger partial charge in [-0.05, 0) is 69.0 Å². The van der Waals surface area contributed by atoms with Gasteiger partial charge in [-0.15, -0.1) is 0 Å². The zero-order valence-corrected chi connectivity index (χ0v) is 20.5. The number of hydrogen-bond acceptors (Lipinski definition) is 6. The number of phenols is 1. The normalized spacial score (nSPS) is 10.6. The van der Waals surface area contributed by atoms with Gasteiger partial charge in [0, 0.05) is 17.7 Å². The van der Waals surface area contributed by atoms with Crippen LogP contribution in [0.4, 0.5) is 11.4 Å². The molecule has 8 nitrogen and oxygen atoms in total. The number of aromatic hydroxyl groups is 1. The fraction of sp³-hybridized carbons (Fsp3) is 0.423. The largest absolute Gasteiger partial charge is 0.506 e. The van der Waals surface area contributed by atoms with Gasteiger partial charge in [0.25, 0.3) is 0 Å². The van der Waals surface area contributed by atoms with E-state index in [-0.39, 0.29) is 29.9 Å². The summed E-state index contributed by atoms with van der Waals surface area (Å²) in [6.07, 6.45) is 3.38. The predicted molar refractivity (Wildman–Crippen MR) is 131 cm³/mol. The van der Waals surface area contributed by atoms with Crippen molar-refractivity contribution in [3.63, 3.8) is 0 Å². The number of esters is 1. The molecule has 0 aliphatic heterocycles. The van der Waals surface area contributed by atoms with Gasteiger partial charge in [-0.1, -0.05) is 26.7 Å². The van der Waals surface area contributed by atoms with Crippen molar-refractivity contribution in [1.82, 2.24) is 0 Å². The second-order valence-corrected chi connectivity index (χ2v) is 8.16. The lowest BCUT2D eigenvalue weighted by atomic mass is 9.97. The summed E-state index contributed by atoms with van der Waals surface area (Å²) < 4.78 is 10.8. The number of benzene rings is 2. The quantitative estimate of drug-likeness (QED) is 0.241. The Hall–Kier alpha value is -3.55. The molecule has 0 saturated heterocycles. The molecule has 2 aromatic carbocycles. The number of carbonyl (C=O) groups excluding carboxylic acids is 3. The number of carbonyl (C=O) groups is 3. The van der Waals surface area contributed by atoms with E-state index in [9.17, 15) is 19.5 Å². The van der Waals surface area contributed by atoms with E-state index in [1.165, 1.54) is 6.07 Å². The van der Waals surface area contributed by atoms with Crippen LogP contribution >= 0.6 is 0 Å². The topological polar surface area (TPSA) is 114 Å². The zero-order chi connectivity index (χ0) is 25.3. The van der Waals surface area contributed by atoms with E-state index in [0.29, 0.717) is 17.2 Å². The minimum absolute atomic E-state index is 0.0436. The first-order valence-electron chi connectivity index (χ1n) is 11.6. The monoisotopic (exact) mass is 470 g/mol. The van der Waals surface area contributed by atoms with Crippen LogP contribution in [0, 0.1) is 19.8 Å². The molecule has 3 N–H and O–H groups in total. The summed E-state index contributed by atoms with van der Waals surface area (Å²) in [5.74, 6) is -1.07. The first-order valence-corrected chi connectivity index (χ1v) is 11.6. The molecule has 0 unspecified atom stereocenters. The summed E-state index contributed by atoms with van der Waals surface area (Å²) in [6, 6.07) is 8.02. The fourth-order valence-electron chi connectivity index (χ4n) is 3.70. The lowest BCUT2D eigenvalue weighted by Gasteiger charge is -2.17. The number of ether oxygens (including phenoxy) is 2. The minimum Gasteiger partial charge on any atom is -0.506 e. The third kappa shape index (κ3) is 7.23. The van der Waals surface area contributed by atoms with E-state index in [0.717, 1.165) is 36.8 Å². The van der Waals surface area contributed by atoms with E-state index in [2.05, 4.69) is 10.6 Å². The number of aryl methyl sites for hydroxylation is 2. The van der Waals surface area contributed by atoms with Gasteiger partial charge in [0.2, 0.25) is 5.91 Å². The van der Waals surface area contributed by atoms with Crippen molar-refractivity contribution in [2.45, 2.75) is 60.3 Å². The van der Waals surface area contributed by atoms with Crippen LogP contribution in [0.5, 0.6) is 17.2 Å². The van der Waals surface area contributed by atoms with E-state index in [4.69, 9.17) is 9.47 Å². The first-order chi connectivity index (χ1) is 16.2. The standard InChI is InChI=1S/C26H34N2O6/c1-6-9-18(10-7-2)24(30)28-21-15-20(11-12-22(21)29)34-23-16(4)13-19(14-17(23)5)27-25(31)26(32)33-8-3/h11-15,18,29H,6-10H2,1-5H3,(H,27,31)(H,28,30). The van der Waals surface area contributed by atoms with Crippen LogP contribution in [0.2, 0.25) is 0 Å². The maximum Gasteiger partial charge on any atom is 0.397 e. The molecule has 0 atom stereocenters. The van der Waals surface area contributed by atoms with Gasteiger partial charge in [-0.25, -0.2) is 4.79 Å². The van der Waals surface area contributed by atoms with Crippen molar-refractivity contribution in [1.29, 1.82) is 0 Å². The third-order valence-corrected chi connectivity index (χ3v) is 5.27. The highest BCUT2D eigenvalue weighted by Gasteiger charge is 2.19. The van der Waals surface area contributed by atoms with Crippen molar-refractivity contribution < 1.29 is 29.0 Å². The maximum atomic E-state index is 12.7. The second kappa shape index (κ2) is 12.6. The molecule has 0 fully saturated rings. The molecule has 8 heteroatoms. The van der Waals surface area contributed by atoms with Gasteiger partial charge in [-0.3, -0.25) is 9.59 Å². The van der Waals surface area contributed by atoms with Gasteiger partial charge in [0.1, 0.15) is 17.2 Å². The molecular weight excluding hydrogens is 436 g/mol. The van der Waals surface area contributed by atoms with Gasteiger partial charge in [0.15, 0.2) is 0 Å². The Morgan fingerprint density at radius 3 is 2.12 bits per heavy atom. The smallest absolute Gasteiger partial charge is 0.397 e. The van der Waals surface area contributed by atoms with Crippen LogP contribution in [0.3, 0.4) is 0 Å². The van der Waals surface area contributed by atoms with Crippen molar-refractivity contribution in [3.8, 4) is 17.2 Å². The number of amides is 2.